The zero-order chi connectivity index (χ0) is 24.2. The molecule has 4 rings (SSSR count). The van der Waals surface area contributed by atoms with E-state index >= 15 is 0 Å². The minimum atomic E-state index is 0.0972. The summed E-state index contributed by atoms with van der Waals surface area (Å²) in [5.74, 6) is 0. The maximum atomic E-state index is 7.75. The molecule has 0 radical (unpaired) electrons. The number of aliphatic hydroxyl groups is 1. The fraction of sp³-hybridized carbons (Fsp3) is 0.226. The molecular formula is C31H36N2O. The van der Waals surface area contributed by atoms with Gasteiger partial charge < -0.3 is 16.2 Å². The van der Waals surface area contributed by atoms with Crippen molar-refractivity contribution < 1.29 is 5.11 Å². The second-order valence-corrected chi connectivity index (χ2v) is 8.71. The molecule has 0 aliphatic carbocycles. The number of hydrogen-bond donors (Lipinski definition) is 3. The zero-order valence-corrected chi connectivity index (χ0v) is 20.3. The summed E-state index contributed by atoms with van der Waals surface area (Å²) in [5.41, 5.74) is 15.3. The number of nitrogens with two attached hydrogens (primary N) is 1. The molecule has 4 aromatic rings. The predicted octanol–water partition coefficient (Wildman–Crippen LogP) is 6.03. The van der Waals surface area contributed by atoms with Crippen molar-refractivity contribution in [3.8, 4) is 0 Å². The highest BCUT2D eigenvalue weighted by Gasteiger charge is 2.01. The van der Waals surface area contributed by atoms with Crippen LogP contribution in [0.15, 0.2) is 97.1 Å². The van der Waals surface area contributed by atoms with Crippen molar-refractivity contribution >= 4 is 5.69 Å². The smallest absolute Gasteiger partial charge is 0.0553 e. The molecule has 0 aliphatic rings. The quantitative estimate of drug-likeness (QED) is 0.306. The summed E-state index contributed by atoms with van der Waals surface area (Å²) in [6.45, 7) is 5.60. The van der Waals surface area contributed by atoms with Crippen LogP contribution in [-0.2, 0) is 19.4 Å². The van der Waals surface area contributed by atoms with Crippen molar-refractivity contribution in [1.82, 2.24) is 0 Å². The Labute approximate surface area is 204 Å². The van der Waals surface area contributed by atoms with Gasteiger partial charge in [-0.05, 0) is 66.6 Å². The first-order valence-corrected chi connectivity index (χ1v) is 11.9. The van der Waals surface area contributed by atoms with Gasteiger partial charge in [0, 0.05) is 18.8 Å². The second-order valence-electron chi connectivity index (χ2n) is 8.71. The summed E-state index contributed by atoms with van der Waals surface area (Å²) in [5, 5.41) is 11.3. The van der Waals surface area contributed by atoms with Crippen molar-refractivity contribution in [2.24, 2.45) is 5.73 Å². The molecule has 0 saturated carbocycles. The molecule has 4 N–H and O–H groups in total. The van der Waals surface area contributed by atoms with Gasteiger partial charge in [-0.1, -0.05) is 96.1 Å². The van der Waals surface area contributed by atoms with E-state index in [0.717, 1.165) is 25.1 Å². The molecule has 0 unspecified atom stereocenters. The fourth-order valence-corrected chi connectivity index (χ4v) is 3.84. The number of aryl methyl sites for hydroxylation is 2. The van der Waals surface area contributed by atoms with Crippen LogP contribution in [0.2, 0.25) is 0 Å². The Hall–Kier alpha value is -3.40. The third-order valence-corrected chi connectivity index (χ3v) is 5.58. The average molecular weight is 453 g/mol. The number of rotatable bonds is 8. The SMILES string of the molecule is Cc1cccc(CNc2ccc(Cc3ccc(Cc4cccc(C)c4)cc3)cc2)c1.NCCO. The van der Waals surface area contributed by atoms with Crippen LogP contribution in [0.4, 0.5) is 5.69 Å². The topological polar surface area (TPSA) is 58.3 Å². The van der Waals surface area contributed by atoms with E-state index in [0.29, 0.717) is 6.54 Å². The Bertz CT molecular complexity index is 1130. The van der Waals surface area contributed by atoms with Gasteiger partial charge in [0.2, 0.25) is 0 Å². The van der Waals surface area contributed by atoms with Gasteiger partial charge in [-0.15, -0.1) is 0 Å². The highest BCUT2D eigenvalue weighted by Crippen LogP contribution is 2.17. The Morgan fingerprint density at radius 3 is 1.56 bits per heavy atom. The van der Waals surface area contributed by atoms with Crippen LogP contribution < -0.4 is 11.1 Å². The van der Waals surface area contributed by atoms with Crippen LogP contribution in [0.3, 0.4) is 0 Å². The lowest BCUT2D eigenvalue weighted by atomic mass is 9.99. The summed E-state index contributed by atoms with van der Waals surface area (Å²) in [6, 6.07) is 35.2. The third-order valence-electron chi connectivity index (χ3n) is 5.58. The minimum absolute atomic E-state index is 0.0972. The lowest BCUT2D eigenvalue weighted by Gasteiger charge is -2.09. The van der Waals surface area contributed by atoms with E-state index < -0.39 is 0 Å². The summed E-state index contributed by atoms with van der Waals surface area (Å²) >= 11 is 0. The van der Waals surface area contributed by atoms with Crippen LogP contribution in [-0.4, -0.2) is 18.3 Å². The van der Waals surface area contributed by atoms with Gasteiger partial charge in [0.1, 0.15) is 0 Å². The Kier molecular flexibility index (Phi) is 9.90. The largest absolute Gasteiger partial charge is 0.395 e. The number of nitrogens with one attached hydrogen (secondary N) is 1. The molecule has 0 fully saturated rings. The molecule has 3 nitrogen and oxygen atoms in total. The maximum Gasteiger partial charge on any atom is 0.0553 e. The first kappa shape index (κ1) is 25.2. The maximum absolute atomic E-state index is 7.75. The normalized spacial score (nSPS) is 10.4. The Balaban J connectivity index is 0.000000751. The van der Waals surface area contributed by atoms with Gasteiger partial charge >= 0.3 is 0 Å². The molecule has 176 valence electrons. The third kappa shape index (κ3) is 8.51. The first-order valence-electron chi connectivity index (χ1n) is 11.9. The minimum Gasteiger partial charge on any atom is -0.395 e. The molecule has 0 heterocycles. The van der Waals surface area contributed by atoms with E-state index in [1.807, 2.05) is 0 Å². The van der Waals surface area contributed by atoms with Crippen LogP contribution in [0.5, 0.6) is 0 Å². The van der Waals surface area contributed by atoms with E-state index in [1.54, 1.807) is 0 Å². The molecule has 4 aromatic carbocycles. The van der Waals surface area contributed by atoms with E-state index in [1.165, 1.54) is 38.9 Å². The van der Waals surface area contributed by atoms with Gasteiger partial charge in [0.05, 0.1) is 6.61 Å². The number of aliphatic hydroxyl groups excluding tert-OH is 1. The molecule has 0 spiro atoms. The summed E-state index contributed by atoms with van der Waals surface area (Å²) in [6.07, 6.45) is 1.95. The van der Waals surface area contributed by atoms with Crippen LogP contribution in [0.25, 0.3) is 0 Å². The van der Waals surface area contributed by atoms with Gasteiger partial charge in [-0.3, -0.25) is 0 Å². The predicted molar refractivity (Wildman–Crippen MR) is 144 cm³/mol. The number of benzene rings is 4. The molecule has 0 amide bonds. The molecular weight excluding hydrogens is 416 g/mol. The van der Waals surface area contributed by atoms with Crippen molar-refractivity contribution in [2.75, 3.05) is 18.5 Å². The fourth-order valence-electron chi connectivity index (χ4n) is 3.84. The number of hydrogen-bond acceptors (Lipinski definition) is 3. The van der Waals surface area contributed by atoms with Gasteiger partial charge in [-0.25, -0.2) is 0 Å². The molecule has 0 aromatic heterocycles. The first-order chi connectivity index (χ1) is 16.6. The van der Waals surface area contributed by atoms with E-state index in [2.05, 4.69) is 116 Å². The Morgan fingerprint density at radius 1 is 0.618 bits per heavy atom. The van der Waals surface area contributed by atoms with Crippen LogP contribution in [0.1, 0.15) is 38.9 Å². The van der Waals surface area contributed by atoms with E-state index in [-0.39, 0.29) is 6.61 Å². The molecule has 0 bridgehead atoms. The van der Waals surface area contributed by atoms with E-state index in [9.17, 15) is 0 Å². The van der Waals surface area contributed by atoms with Crippen molar-refractivity contribution in [2.45, 2.75) is 33.2 Å². The average Bonchev–Trinajstić information content (AvgIpc) is 2.85. The van der Waals surface area contributed by atoms with Gasteiger partial charge in [0.15, 0.2) is 0 Å². The summed E-state index contributed by atoms with van der Waals surface area (Å²) < 4.78 is 0. The van der Waals surface area contributed by atoms with Gasteiger partial charge in [-0.2, -0.15) is 0 Å². The highest BCUT2D eigenvalue weighted by molar-refractivity contribution is 5.46. The second kappa shape index (κ2) is 13.3. The van der Waals surface area contributed by atoms with Crippen molar-refractivity contribution in [3.63, 3.8) is 0 Å². The van der Waals surface area contributed by atoms with Crippen LogP contribution >= 0.6 is 0 Å². The van der Waals surface area contributed by atoms with Crippen LogP contribution in [0, 0.1) is 13.8 Å². The lowest BCUT2D eigenvalue weighted by molar-refractivity contribution is 0.306. The monoisotopic (exact) mass is 452 g/mol. The Morgan fingerprint density at radius 2 is 1.06 bits per heavy atom. The zero-order valence-electron chi connectivity index (χ0n) is 20.3. The summed E-state index contributed by atoms with van der Waals surface area (Å²) in [4.78, 5) is 0. The van der Waals surface area contributed by atoms with E-state index in [4.69, 9.17) is 10.8 Å². The molecule has 34 heavy (non-hydrogen) atoms. The molecule has 0 aliphatic heterocycles. The molecule has 0 saturated heterocycles. The van der Waals surface area contributed by atoms with Gasteiger partial charge in [0.25, 0.3) is 0 Å². The van der Waals surface area contributed by atoms with Crippen molar-refractivity contribution in [1.29, 1.82) is 0 Å². The standard InChI is InChI=1S/C29H29N.C2H7NO/c1-22-5-3-7-27(17-22)20-25-11-9-24(10-12-25)19-26-13-15-29(16-14-26)30-21-28-8-4-6-23(2)18-28;3-1-2-4/h3-18,30H,19-21H2,1-2H3;4H,1-3H2. The number of anilines is 1. The van der Waals surface area contributed by atoms with Crippen molar-refractivity contribution in [3.05, 3.63) is 136 Å². The lowest BCUT2D eigenvalue weighted by Crippen LogP contribution is -2.02. The highest BCUT2D eigenvalue weighted by atomic mass is 16.3. The molecule has 0 atom stereocenters. The summed E-state index contributed by atoms with van der Waals surface area (Å²) in [7, 11) is 0. The molecule has 3 heteroatoms.